The molecule has 160 valence electrons. The van der Waals surface area contributed by atoms with E-state index in [0.717, 1.165) is 18.1 Å². The molecular weight excluding hydrogens is 491 g/mol. The third-order valence-electron chi connectivity index (χ3n) is 4.54. The second kappa shape index (κ2) is 13.3. The molecule has 0 spiro atoms. The summed E-state index contributed by atoms with van der Waals surface area (Å²) in [6.07, 6.45) is 6.23. The topological polar surface area (TPSA) is 91.8 Å². The number of ether oxygens (including phenoxy) is 1. The Morgan fingerprint density at radius 1 is 1.18 bits per heavy atom. The monoisotopic (exact) mass is 524 g/mol. The predicted molar refractivity (Wildman–Crippen MR) is 124 cm³/mol. The van der Waals surface area contributed by atoms with Gasteiger partial charge in [-0.05, 0) is 37.5 Å². The minimum absolute atomic E-state index is 0. The molecule has 9 heteroatoms. The highest BCUT2D eigenvalue weighted by molar-refractivity contribution is 14.0. The van der Waals surface area contributed by atoms with Gasteiger partial charge < -0.3 is 15.4 Å². The third kappa shape index (κ3) is 8.62. The van der Waals surface area contributed by atoms with Crippen LogP contribution in [0.3, 0.4) is 0 Å². The number of hydrogen-bond acceptors (Lipinski definition) is 4. The summed E-state index contributed by atoms with van der Waals surface area (Å²) in [4.78, 5) is 4.89. The van der Waals surface area contributed by atoms with Crippen LogP contribution >= 0.6 is 24.0 Å². The maximum Gasteiger partial charge on any atom is 0.240 e. The van der Waals surface area contributed by atoms with E-state index in [2.05, 4.69) is 20.3 Å². The van der Waals surface area contributed by atoms with Crippen molar-refractivity contribution >= 4 is 40.0 Å². The van der Waals surface area contributed by atoms with Gasteiger partial charge in [-0.25, -0.2) is 18.1 Å². The Labute approximate surface area is 186 Å². The SMILES string of the molecule is CCNC(=NCc1ccc(S(=O)(=O)NCCOC)cc1)NC1CCCCC1.I. The van der Waals surface area contributed by atoms with E-state index >= 15 is 0 Å². The van der Waals surface area contributed by atoms with Gasteiger partial charge >= 0.3 is 0 Å². The smallest absolute Gasteiger partial charge is 0.240 e. The van der Waals surface area contributed by atoms with Crippen molar-refractivity contribution in [2.45, 2.75) is 56.5 Å². The Bertz CT molecular complexity index is 690. The second-order valence-electron chi connectivity index (χ2n) is 6.71. The number of hydrogen-bond donors (Lipinski definition) is 3. The second-order valence-corrected chi connectivity index (χ2v) is 8.48. The number of methoxy groups -OCH3 is 1. The van der Waals surface area contributed by atoms with Crippen LogP contribution in [-0.2, 0) is 21.3 Å². The molecule has 3 N–H and O–H groups in total. The van der Waals surface area contributed by atoms with E-state index < -0.39 is 10.0 Å². The lowest BCUT2D eigenvalue weighted by Gasteiger charge is -2.24. The molecule has 0 aliphatic heterocycles. The van der Waals surface area contributed by atoms with Gasteiger partial charge in [0.15, 0.2) is 5.96 Å². The fraction of sp³-hybridized carbons (Fsp3) is 0.632. The van der Waals surface area contributed by atoms with Crippen LogP contribution in [0.5, 0.6) is 0 Å². The molecule has 1 fully saturated rings. The van der Waals surface area contributed by atoms with Crippen LogP contribution in [0.4, 0.5) is 0 Å². The average Bonchev–Trinajstić information content (AvgIpc) is 2.67. The van der Waals surface area contributed by atoms with E-state index in [0.29, 0.717) is 19.2 Å². The van der Waals surface area contributed by atoms with Gasteiger partial charge in [-0.1, -0.05) is 31.4 Å². The molecule has 2 rings (SSSR count). The normalized spacial score (nSPS) is 15.7. The highest BCUT2D eigenvalue weighted by Gasteiger charge is 2.15. The lowest BCUT2D eigenvalue weighted by Crippen LogP contribution is -2.44. The van der Waals surface area contributed by atoms with Crippen molar-refractivity contribution in [3.63, 3.8) is 0 Å². The van der Waals surface area contributed by atoms with Gasteiger partial charge in [-0.15, -0.1) is 24.0 Å². The minimum Gasteiger partial charge on any atom is -0.383 e. The van der Waals surface area contributed by atoms with Gasteiger partial charge in [0, 0.05) is 26.2 Å². The van der Waals surface area contributed by atoms with Gasteiger partial charge in [0.1, 0.15) is 0 Å². The van der Waals surface area contributed by atoms with E-state index in [9.17, 15) is 8.42 Å². The molecule has 1 saturated carbocycles. The first-order valence-electron chi connectivity index (χ1n) is 9.67. The summed E-state index contributed by atoms with van der Waals surface area (Å²) < 4.78 is 31.7. The number of aliphatic imine (C=N–C) groups is 1. The average molecular weight is 524 g/mol. The number of nitrogens with one attached hydrogen (secondary N) is 3. The zero-order chi connectivity index (χ0) is 19.5. The Balaban J connectivity index is 0.00000392. The first-order valence-corrected chi connectivity index (χ1v) is 11.2. The molecule has 0 radical (unpaired) electrons. The maximum atomic E-state index is 12.2. The van der Waals surface area contributed by atoms with E-state index in [-0.39, 0.29) is 35.4 Å². The molecule has 7 nitrogen and oxygen atoms in total. The van der Waals surface area contributed by atoms with Crippen LogP contribution in [0, 0.1) is 0 Å². The van der Waals surface area contributed by atoms with E-state index in [1.54, 1.807) is 24.3 Å². The molecule has 0 unspecified atom stereocenters. The lowest BCUT2D eigenvalue weighted by atomic mass is 9.96. The molecular formula is C19H33IN4O3S. The van der Waals surface area contributed by atoms with Crippen molar-refractivity contribution < 1.29 is 13.2 Å². The van der Waals surface area contributed by atoms with E-state index in [1.165, 1.54) is 39.2 Å². The molecule has 0 atom stereocenters. The zero-order valence-corrected chi connectivity index (χ0v) is 19.9. The van der Waals surface area contributed by atoms with Crippen LogP contribution < -0.4 is 15.4 Å². The lowest BCUT2D eigenvalue weighted by molar-refractivity contribution is 0.204. The van der Waals surface area contributed by atoms with E-state index in [4.69, 9.17) is 4.74 Å². The number of halogens is 1. The largest absolute Gasteiger partial charge is 0.383 e. The van der Waals surface area contributed by atoms with Gasteiger partial charge in [0.2, 0.25) is 10.0 Å². The van der Waals surface area contributed by atoms with Crippen molar-refractivity contribution in [2.24, 2.45) is 4.99 Å². The molecule has 1 aliphatic carbocycles. The minimum atomic E-state index is -3.50. The summed E-state index contributed by atoms with van der Waals surface area (Å²) in [5, 5.41) is 6.80. The van der Waals surface area contributed by atoms with Gasteiger partial charge in [-0.2, -0.15) is 0 Å². The van der Waals surface area contributed by atoms with Crippen molar-refractivity contribution in [1.82, 2.24) is 15.4 Å². The molecule has 28 heavy (non-hydrogen) atoms. The van der Waals surface area contributed by atoms with Crippen molar-refractivity contribution in [3.05, 3.63) is 29.8 Å². The summed E-state index contributed by atoms with van der Waals surface area (Å²) in [5.74, 6) is 0.822. The molecule has 0 amide bonds. The predicted octanol–water partition coefficient (Wildman–Crippen LogP) is 2.62. The summed E-state index contributed by atoms with van der Waals surface area (Å²) >= 11 is 0. The fourth-order valence-corrected chi connectivity index (χ4v) is 4.08. The van der Waals surface area contributed by atoms with Crippen molar-refractivity contribution in [3.8, 4) is 0 Å². The molecule has 0 saturated heterocycles. The van der Waals surface area contributed by atoms with Crippen LogP contribution in [-0.4, -0.2) is 47.2 Å². The van der Waals surface area contributed by atoms with Crippen LogP contribution in [0.25, 0.3) is 0 Å². The van der Waals surface area contributed by atoms with Crippen LogP contribution in [0.15, 0.2) is 34.2 Å². The highest BCUT2D eigenvalue weighted by Crippen LogP contribution is 2.17. The van der Waals surface area contributed by atoms with Crippen molar-refractivity contribution in [2.75, 3.05) is 26.8 Å². The van der Waals surface area contributed by atoms with Crippen LogP contribution in [0.2, 0.25) is 0 Å². The molecule has 1 aromatic carbocycles. The number of benzene rings is 1. The van der Waals surface area contributed by atoms with Gasteiger partial charge in [-0.3, -0.25) is 0 Å². The number of sulfonamides is 1. The standard InChI is InChI=1S/C19H32N4O3S.HI/c1-3-20-19(23-17-7-5-4-6-8-17)21-15-16-9-11-18(12-10-16)27(24,25)22-13-14-26-2;/h9-12,17,22H,3-8,13-15H2,1-2H3,(H2,20,21,23);1H. The van der Waals surface area contributed by atoms with Gasteiger partial charge in [0.25, 0.3) is 0 Å². The quantitative estimate of drug-likeness (QED) is 0.200. The summed E-state index contributed by atoms with van der Waals surface area (Å²) in [6, 6.07) is 7.32. The zero-order valence-electron chi connectivity index (χ0n) is 16.7. The molecule has 0 heterocycles. The molecule has 1 aromatic rings. The van der Waals surface area contributed by atoms with Crippen LogP contribution in [0.1, 0.15) is 44.6 Å². The Hall–Kier alpha value is -0.910. The number of rotatable bonds is 9. The Morgan fingerprint density at radius 2 is 1.86 bits per heavy atom. The summed E-state index contributed by atoms with van der Waals surface area (Å²) in [7, 11) is -1.96. The molecule has 0 aromatic heterocycles. The first-order chi connectivity index (χ1) is 13.0. The Morgan fingerprint density at radius 3 is 2.46 bits per heavy atom. The summed E-state index contributed by atoms with van der Waals surface area (Å²) in [5.41, 5.74) is 0.965. The number of guanidine groups is 1. The van der Waals surface area contributed by atoms with E-state index in [1.807, 2.05) is 6.92 Å². The fourth-order valence-electron chi connectivity index (χ4n) is 3.07. The molecule has 1 aliphatic rings. The summed E-state index contributed by atoms with van der Waals surface area (Å²) in [6.45, 7) is 3.95. The van der Waals surface area contributed by atoms with Crippen molar-refractivity contribution in [1.29, 1.82) is 0 Å². The Kier molecular flexibility index (Phi) is 12.0. The highest BCUT2D eigenvalue weighted by atomic mass is 127. The molecule has 0 bridgehead atoms. The maximum absolute atomic E-state index is 12.2. The third-order valence-corrected chi connectivity index (χ3v) is 6.02. The number of nitrogens with zero attached hydrogens (tertiary/aromatic N) is 1. The van der Waals surface area contributed by atoms with Gasteiger partial charge in [0.05, 0.1) is 18.0 Å². The first kappa shape index (κ1) is 25.1.